The third-order valence-electron chi connectivity index (χ3n) is 4.53. The van der Waals surface area contributed by atoms with Gasteiger partial charge in [0.25, 0.3) is 0 Å². The fourth-order valence-electron chi connectivity index (χ4n) is 3.11. The maximum Gasteiger partial charge on any atom is 0.191 e. The zero-order valence-electron chi connectivity index (χ0n) is 14.7. The number of likely N-dealkylation sites (tertiary alicyclic amines) is 1. The Bertz CT molecular complexity index is 327. The molecule has 6 nitrogen and oxygen atoms in total. The van der Waals surface area contributed by atoms with Crippen LogP contribution in [0.15, 0.2) is 4.99 Å². The molecule has 2 fully saturated rings. The SMILES string of the molecule is CN=C(NCCCOC1CCOCC1)NCCN1CCCCC1. The van der Waals surface area contributed by atoms with Crippen molar-refractivity contribution in [3.63, 3.8) is 0 Å². The number of guanidine groups is 1. The van der Waals surface area contributed by atoms with Crippen LogP contribution in [0, 0.1) is 0 Å². The monoisotopic (exact) mass is 326 g/mol. The van der Waals surface area contributed by atoms with E-state index in [4.69, 9.17) is 9.47 Å². The summed E-state index contributed by atoms with van der Waals surface area (Å²) in [7, 11) is 1.83. The average Bonchev–Trinajstić information content (AvgIpc) is 2.61. The highest BCUT2D eigenvalue weighted by molar-refractivity contribution is 5.79. The van der Waals surface area contributed by atoms with Gasteiger partial charge in [-0.05, 0) is 45.2 Å². The normalized spacial score (nSPS) is 21.3. The Morgan fingerprint density at radius 1 is 1.13 bits per heavy atom. The van der Waals surface area contributed by atoms with Crippen LogP contribution in [-0.4, -0.2) is 76.6 Å². The van der Waals surface area contributed by atoms with Crippen molar-refractivity contribution in [3.8, 4) is 0 Å². The molecule has 23 heavy (non-hydrogen) atoms. The van der Waals surface area contributed by atoms with Crippen molar-refractivity contribution >= 4 is 5.96 Å². The van der Waals surface area contributed by atoms with Gasteiger partial charge >= 0.3 is 0 Å². The summed E-state index contributed by atoms with van der Waals surface area (Å²) >= 11 is 0. The van der Waals surface area contributed by atoms with Gasteiger partial charge in [-0.25, -0.2) is 0 Å². The van der Waals surface area contributed by atoms with E-state index in [-0.39, 0.29) is 0 Å². The summed E-state index contributed by atoms with van der Waals surface area (Å²) < 4.78 is 11.2. The molecule has 0 saturated carbocycles. The van der Waals surface area contributed by atoms with Gasteiger partial charge in [0.05, 0.1) is 6.10 Å². The minimum atomic E-state index is 0.394. The predicted octanol–water partition coefficient (Wildman–Crippen LogP) is 1.22. The Morgan fingerprint density at radius 3 is 2.61 bits per heavy atom. The van der Waals surface area contributed by atoms with Crippen LogP contribution in [0.3, 0.4) is 0 Å². The lowest BCUT2D eigenvalue weighted by Crippen LogP contribution is -2.43. The van der Waals surface area contributed by atoms with Crippen LogP contribution in [-0.2, 0) is 9.47 Å². The summed E-state index contributed by atoms with van der Waals surface area (Å²) in [5.74, 6) is 0.896. The molecule has 2 heterocycles. The largest absolute Gasteiger partial charge is 0.381 e. The van der Waals surface area contributed by atoms with Gasteiger partial charge in [-0.1, -0.05) is 6.42 Å². The number of hydrogen-bond donors (Lipinski definition) is 2. The van der Waals surface area contributed by atoms with E-state index < -0.39 is 0 Å². The molecule has 2 aliphatic heterocycles. The first-order valence-electron chi connectivity index (χ1n) is 9.24. The van der Waals surface area contributed by atoms with Crippen LogP contribution in [0.25, 0.3) is 0 Å². The quantitative estimate of drug-likeness (QED) is 0.399. The number of aliphatic imine (C=N–C) groups is 1. The van der Waals surface area contributed by atoms with Gasteiger partial charge in [-0.2, -0.15) is 0 Å². The number of nitrogens with one attached hydrogen (secondary N) is 2. The van der Waals surface area contributed by atoms with E-state index in [9.17, 15) is 0 Å². The molecule has 0 unspecified atom stereocenters. The van der Waals surface area contributed by atoms with Crippen molar-refractivity contribution in [1.29, 1.82) is 0 Å². The van der Waals surface area contributed by atoms with Crippen LogP contribution in [0.1, 0.15) is 38.5 Å². The van der Waals surface area contributed by atoms with Gasteiger partial charge in [0.15, 0.2) is 5.96 Å². The first-order valence-corrected chi connectivity index (χ1v) is 9.24. The second-order valence-electron chi connectivity index (χ2n) is 6.36. The molecule has 0 amide bonds. The molecule has 134 valence electrons. The predicted molar refractivity (Wildman–Crippen MR) is 94.1 cm³/mol. The van der Waals surface area contributed by atoms with Crippen LogP contribution < -0.4 is 10.6 Å². The standard InChI is InChI=1S/C17H34N4O2/c1-18-17(20-9-12-21-10-3-2-4-11-21)19-8-5-13-23-16-6-14-22-15-7-16/h16H,2-15H2,1H3,(H2,18,19,20). The van der Waals surface area contributed by atoms with Gasteiger partial charge < -0.3 is 25.0 Å². The third kappa shape index (κ3) is 7.99. The van der Waals surface area contributed by atoms with Crippen molar-refractivity contribution in [1.82, 2.24) is 15.5 Å². The van der Waals surface area contributed by atoms with Crippen molar-refractivity contribution in [2.24, 2.45) is 4.99 Å². The molecule has 2 rings (SSSR count). The molecule has 0 aromatic heterocycles. The maximum absolute atomic E-state index is 5.87. The van der Waals surface area contributed by atoms with Crippen LogP contribution in [0.5, 0.6) is 0 Å². The Morgan fingerprint density at radius 2 is 1.87 bits per heavy atom. The number of ether oxygens (including phenoxy) is 2. The van der Waals surface area contributed by atoms with Crippen LogP contribution in [0.2, 0.25) is 0 Å². The first kappa shape index (κ1) is 18.5. The smallest absolute Gasteiger partial charge is 0.191 e. The van der Waals surface area contributed by atoms with Gasteiger partial charge in [0.2, 0.25) is 0 Å². The highest BCUT2D eigenvalue weighted by Gasteiger charge is 2.13. The molecule has 0 bridgehead atoms. The second kappa shape index (κ2) is 11.6. The summed E-state index contributed by atoms with van der Waals surface area (Å²) in [5.41, 5.74) is 0. The second-order valence-corrected chi connectivity index (χ2v) is 6.36. The Balaban J connectivity index is 1.45. The van der Waals surface area contributed by atoms with Crippen LogP contribution in [0.4, 0.5) is 0 Å². The molecular formula is C17H34N4O2. The Kier molecular flexibility index (Phi) is 9.36. The minimum absolute atomic E-state index is 0.394. The van der Waals surface area contributed by atoms with Gasteiger partial charge in [-0.15, -0.1) is 0 Å². The van der Waals surface area contributed by atoms with Gasteiger partial charge in [0.1, 0.15) is 0 Å². The fraction of sp³-hybridized carbons (Fsp3) is 0.941. The summed E-state index contributed by atoms with van der Waals surface area (Å²) in [6, 6.07) is 0. The molecule has 6 heteroatoms. The van der Waals surface area contributed by atoms with E-state index in [0.29, 0.717) is 6.10 Å². The molecule has 0 spiro atoms. The van der Waals surface area contributed by atoms with Gasteiger partial charge in [-0.3, -0.25) is 4.99 Å². The van der Waals surface area contributed by atoms with E-state index in [1.807, 2.05) is 7.05 Å². The van der Waals surface area contributed by atoms with E-state index >= 15 is 0 Å². The lowest BCUT2D eigenvalue weighted by molar-refractivity contribution is -0.0320. The molecule has 0 aromatic rings. The fourth-order valence-corrected chi connectivity index (χ4v) is 3.11. The highest BCUT2D eigenvalue weighted by atomic mass is 16.5. The van der Waals surface area contributed by atoms with Gasteiger partial charge in [0, 0.05) is 46.5 Å². The molecular weight excluding hydrogens is 292 g/mol. The van der Waals surface area contributed by atoms with E-state index in [2.05, 4.69) is 20.5 Å². The minimum Gasteiger partial charge on any atom is -0.381 e. The maximum atomic E-state index is 5.87. The molecule has 0 atom stereocenters. The molecule has 0 aromatic carbocycles. The molecule has 0 aliphatic carbocycles. The van der Waals surface area contributed by atoms with Crippen molar-refractivity contribution in [3.05, 3.63) is 0 Å². The van der Waals surface area contributed by atoms with E-state index in [1.54, 1.807) is 0 Å². The lowest BCUT2D eigenvalue weighted by atomic mass is 10.1. The zero-order valence-corrected chi connectivity index (χ0v) is 14.7. The first-order chi connectivity index (χ1) is 11.4. The number of rotatable bonds is 8. The summed E-state index contributed by atoms with van der Waals surface area (Å²) in [6.07, 6.45) is 7.55. The topological polar surface area (TPSA) is 58.1 Å². The average molecular weight is 326 g/mol. The van der Waals surface area contributed by atoms with Crippen molar-refractivity contribution in [2.75, 3.05) is 59.6 Å². The van der Waals surface area contributed by atoms with Crippen molar-refractivity contribution in [2.45, 2.75) is 44.6 Å². The number of piperidine rings is 1. The van der Waals surface area contributed by atoms with Crippen molar-refractivity contribution < 1.29 is 9.47 Å². The third-order valence-corrected chi connectivity index (χ3v) is 4.53. The molecule has 2 aliphatic rings. The van der Waals surface area contributed by atoms with E-state index in [1.165, 1.54) is 32.4 Å². The Labute approximate surface area is 141 Å². The summed E-state index contributed by atoms with van der Waals surface area (Å²) in [5, 5.41) is 6.76. The summed E-state index contributed by atoms with van der Waals surface area (Å²) in [6.45, 7) is 7.95. The van der Waals surface area contributed by atoms with E-state index in [0.717, 1.165) is 64.7 Å². The zero-order chi connectivity index (χ0) is 16.2. The Hall–Kier alpha value is -0.850. The number of nitrogens with zero attached hydrogens (tertiary/aromatic N) is 2. The summed E-state index contributed by atoms with van der Waals surface area (Å²) in [4.78, 5) is 6.81. The molecule has 2 saturated heterocycles. The lowest BCUT2D eigenvalue weighted by Gasteiger charge is -2.26. The highest BCUT2D eigenvalue weighted by Crippen LogP contribution is 2.10. The molecule has 2 N–H and O–H groups in total. The number of hydrogen-bond acceptors (Lipinski definition) is 4. The van der Waals surface area contributed by atoms with Crippen LogP contribution >= 0.6 is 0 Å². The molecule has 0 radical (unpaired) electrons.